The third-order valence-corrected chi connectivity index (χ3v) is 5.97. The molecule has 2 amide bonds. The van der Waals surface area contributed by atoms with E-state index in [9.17, 15) is 9.59 Å². The van der Waals surface area contributed by atoms with E-state index in [1.54, 1.807) is 11.0 Å². The Morgan fingerprint density at radius 1 is 1.19 bits per heavy atom. The van der Waals surface area contributed by atoms with Crippen LogP contribution in [0, 0.1) is 6.92 Å². The van der Waals surface area contributed by atoms with Crippen LogP contribution in [0.25, 0.3) is 0 Å². The molecule has 3 rings (SSSR count). The van der Waals surface area contributed by atoms with Gasteiger partial charge in [-0.2, -0.15) is 0 Å². The SMILES string of the molecule is Cc1ccc(C(=O)N(CC(=O)NC2CCCC2)Cc2ccccc2Cl)s1. The van der Waals surface area contributed by atoms with Crippen LogP contribution in [0.1, 0.15) is 45.8 Å². The number of rotatable bonds is 6. The highest BCUT2D eigenvalue weighted by molar-refractivity contribution is 7.13. The van der Waals surface area contributed by atoms with Crippen LogP contribution in [0.3, 0.4) is 0 Å². The largest absolute Gasteiger partial charge is 0.352 e. The number of nitrogens with one attached hydrogen (secondary N) is 1. The van der Waals surface area contributed by atoms with Crippen LogP contribution in [-0.4, -0.2) is 29.3 Å². The first kappa shape index (κ1) is 18.9. The maximum atomic E-state index is 13.0. The normalized spacial score (nSPS) is 14.4. The van der Waals surface area contributed by atoms with Gasteiger partial charge in [0.05, 0.1) is 4.88 Å². The average Bonchev–Trinajstić information content (AvgIpc) is 3.27. The van der Waals surface area contributed by atoms with Gasteiger partial charge < -0.3 is 10.2 Å². The second kappa shape index (κ2) is 8.69. The van der Waals surface area contributed by atoms with E-state index in [0.29, 0.717) is 16.4 Å². The molecule has 1 aromatic carbocycles. The summed E-state index contributed by atoms with van der Waals surface area (Å²) in [6, 6.07) is 11.4. The van der Waals surface area contributed by atoms with E-state index < -0.39 is 0 Å². The van der Waals surface area contributed by atoms with Crippen molar-refractivity contribution in [3.8, 4) is 0 Å². The summed E-state index contributed by atoms with van der Waals surface area (Å²) < 4.78 is 0. The van der Waals surface area contributed by atoms with Gasteiger partial charge in [0.2, 0.25) is 5.91 Å². The third-order valence-electron chi connectivity index (χ3n) is 4.61. The molecule has 1 aromatic heterocycles. The molecule has 0 bridgehead atoms. The molecule has 1 saturated carbocycles. The highest BCUT2D eigenvalue weighted by Crippen LogP contribution is 2.22. The number of amides is 2. The standard InChI is InChI=1S/C20H23ClN2O2S/c1-14-10-11-18(26-14)20(25)23(12-15-6-2-5-9-17(15)21)13-19(24)22-16-7-3-4-8-16/h2,5-6,9-11,16H,3-4,7-8,12-13H2,1H3,(H,22,24). The number of benzene rings is 1. The van der Waals surface area contributed by atoms with Crippen LogP contribution in [0.5, 0.6) is 0 Å². The molecule has 4 nitrogen and oxygen atoms in total. The van der Waals surface area contributed by atoms with Gasteiger partial charge in [-0.25, -0.2) is 0 Å². The van der Waals surface area contributed by atoms with Gasteiger partial charge in [-0.05, 0) is 43.5 Å². The van der Waals surface area contributed by atoms with Crippen molar-refractivity contribution in [1.29, 1.82) is 0 Å². The van der Waals surface area contributed by atoms with Gasteiger partial charge in [-0.15, -0.1) is 11.3 Å². The van der Waals surface area contributed by atoms with Crippen molar-refractivity contribution >= 4 is 34.8 Å². The molecular formula is C20H23ClN2O2S. The lowest BCUT2D eigenvalue weighted by atomic mass is 10.2. The van der Waals surface area contributed by atoms with Gasteiger partial charge >= 0.3 is 0 Å². The van der Waals surface area contributed by atoms with Crippen LogP contribution in [0.4, 0.5) is 0 Å². The summed E-state index contributed by atoms with van der Waals surface area (Å²) in [5, 5.41) is 3.66. The van der Waals surface area contributed by atoms with Gasteiger partial charge in [0.1, 0.15) is 6.54 Å². The quantitative estimate of drug-likeness (QED) is 0.794. The highest BCUT2D eigenvalue weighted by atomic mass is 35.5. The molecule has 0 saturated heterocycles. The van der Waals surface area contributed by atoms with Crippen LogP contribution >= 0.6 is 22.9 Å². The van der Waals surface area contributed by atoms with E-state index in [1.807, 2.05) is 37.3 Å². The molecule has 1 heterocycles. The summed E-state index contributed by atoms with van der Waals surface area (Å²) in [7, 11) is 0. The maximum absolute atomic E-state index is 13.0. The number of halogens is 1. The van der Waals surface area contributed by atoms with E-state index in [1.165, 1.54) is 11.3 Å². The molecular weight excluding hydrogens is 368 g/mol. The van der Waals surface area contributed by atoms with Crippen molar-refractivity contribution in [3.05, 3.63) is 56.7 Å². The van der Waals surface area contributed by atoms with Crippen molar-refractivity contribution in [1.82, 2.24) is 10.2 Å². The fraction of sp³-hybridized carbons (Fsp3) is 0.400. The first-order valence-electron chi connectivity index (χ1n) is 8.91. The zero-order valence-electron chi connectivity index (χ0n) is 14.8. The van der Waals surface area contributed by atoms with Crippen LogP contribution in [0.2, 0.25) is 5.02 Å². The maximum Gasteiger partial charge on any atom is 0.264 e. The molecule has 6 heteroatoms. The first-order valence-corrected chi connectivity index (χ1v) is 10.1. The molecule has 1 fully saturated rings. The van der Waals surface area contributed by atoms with Crippen molar-refractivity contribution in [2.45, 2.75) is 45.2 Å². The van der Waals surface area contributed by atoms with Gasteiger partial charge in [0.25, 0.3) is 5.91 Å². The minimum Gasteiger partial charge on any atom is -0.352 e. The van der Waals surface area contributed by atoms with E-state index in [-0.39, 0.29) is 24.4 Å². The fourth-order valence-corrected chi connectivity index (χ4v) is 4.28. The Bertz CT molecular complexity index is 784. The third kappa shape index (κ3) is 4.86. The van der Waals surface area contributed by atoms with E-state index in [2.05, 4.69) is 5.32 Å². The van der Waals surface area contributed by atoms with Crippen molar-refractivity contribution in [2.75, 3.05) is 6.54 Å². The number of carbonyl (C=O) groups is 2. The van der Waals surface area contributed by atoms with Gasteiger partial charge in [0.15, 0.2) is 0 Å². The predicted molar refractivity (Wildman–Crippen MR) is 106 cm³/mol. The lowest BCUT2D eigenvalue weighted by Crippen LogP contribution is -2.43. The van der Waals surface area contributed by atoms with Crippen molar-refractivity contribution < 1.29 is 9.59 Å². The zero-order valence-corrected chi connectivity index (χ0v) is 16.4. The lowest BCUT2D eigenvalue weighted by molar-refractivity contribution is -0.122. The van der Waals surface area contributed by atoms with E-state index in [4.69, 9.17) is 11.6 Å². The summed E-state index contributed by atoms with van der Waals surface area (Å²) in [4.78, 5) is 28.7. The monoisotopic (exact) mass is 390 g/mol. The molecule has 2 aromatic rings. The Morgan fingerprint density at radius 2 is 1.92 bits per heavy atom. The van der Waals surface area contributed by atoms with Crippen molar-refractivity contribution in [3.63, 3.8) is 0 Å². The number of nitrogens with zero attached hydrogens (tertiary/aromatic N) is 1. The average molecular weight is 391 g/mol. The smallest absolute Gasteiger partial charge is 0.264 e. The molecule has 0 radical (unpaired) electrons. The summed E-state index contributed by atoms with van der Waals surface area (Å²) in [6.45, 7) is 2.32. The summed E-state index contributed by atoms with van der Waals surface area (Å²) in [6.07, 6.45) is 4.35. The van der Waals surface area contributed by atoms with Gasteiger partial charge in [-0.1, -0.05) is 42.6 Å². The molecule has 1 aliphatic rings. The number of carbonyl (C=O) groups excluding carboxylic acids is 2. The summed E-state index contributed by atoms with van der Waals surface area (Å²) in [5.41, 5.74) is 0.837. The minimum absolute atomic E-state index is 0.0392. The lowest BCUT2D eigenvalue weighted by Gasteiger charge is -2.23. The number of hydrogen-bond donors (Lipinski definition) is 1. The Hall–Kier alpha value is -1.85. The minimum atomic E-state index is -0.135. The van der Waals surface area contributed by atoms with Crippen molar-refractivity contribution in [2.24, 2.45) is 0 Å². The number of thiophene rings is 1. The van der Waals surface area contributed by atoms with Crippen LogP contribution < -0.4 is 5.32 Å². The molecule has 0 spiro atoms. The van der Waals surface area contributed by atoms with E-state index in [0.717, 1.165) is 36.1 Å². The molecule has 26 heavy (non-hydrogen) atoms. The Kier molecular flexibility index (Phi) is 6.33. The Morgan fingerprint density at radius 3 is 2.58 bits per heavy atom. The summed E-state index contributed by atoms with van der Waals surface area (Å²) >= 11 is 7.70. The first-order chi connectivity index (χ1) is 12.5. The second-order valence-electron chi connectivity index (χ2n) is 6.71. The Balaban J connectivity index is 1.75. The predicted octanol–water partition coefficient (Wildman–Crippen LogP) is 4.41. The molecule has 1 N–H and O–H groups in total. The summed E-state index contributed by atoms with van der Waals surface area (Å²) in [5.74, 6) is -0.241. The Labute approximate surface area is 163 Å². The van der Waals surface area contributed by atoms with Crippen LogP contribution in [0.15, 0.2) is 36.4 Å². The topological polar surface area (TPSA) is 49.4 Å². The second-order valence-corrected chi connectivity index (χ2v) is 8.41. The van der Waals surface area contributed by atoms with Gasteiger partial charge in [0, 0.05) is 22.5 Å². The van der Waals surface area contributed by atoms with Gasteiger partial charge in [-0.3, -0.25) is 9.59 Å². The fourth-order valence-electron chi connectivity index (χ4n) is 3.25. The molecule has 0 atom stereocenters. The molecule has 0 aliphatic heterocycles. The zero-order chi connectivity index (χ0) is 18.5. The number of hydrogen-bond acceptors (Lipinski definition) is 3. The molecule has 138 valence electrons. The molecule has 1 aliphatic carbocycles. The highest BCUT2D eigenvalue weighted by Gasteiger charge is 2.23. The van der Waals surface area contributed by atoms with Crippen LogP contribution in [-0.2, 0) is 11.3 Å². The molecule has 0 unspecified atom stereocenters. The number of aryl methyl sites for hydroxylation is 1. The van der Waals surface area contributed by atoms with E-state index >= 15 is 0 Å².